The van der Waals surface area contributed by atoms with Crippen LogP contribution >= 0.6 is 7.75 Å². The Labute approximate surface area is 76.7 Å². The summed E-state index contributed by atoms with van der Waals surface area (Å²) >= 11 is 0. The zero-order valence-corrected chi connectivity index (χ0v) is 8.49. The van der Waals surface area contributed by atoms with E-state index in [0.29, 0.717) is 6.42 Å². The van der Waals surface area contributed by atoms with Gasteiger partial charge in [0.2, 0.25) is 5.91 Å². The molecule has 0 aliphatic carbocycles. The summed E-state index contributed by atoms with van der Waals surface area (Å²) < 4.78 is 10.5. The van der Waals surface area contributed by atoms with E-state index in [2.05, 4.69) is 0 Å². The van der Waals surface area contributed by atoms with E-state index in [1.807, 2.05) is 18.9 Å². The summed E-state index contributed by atoms with van der Waals surface area (Å²) in [5.41, 5.74) is 4.95. The largest absolute Gasteiger partial charge is 0.401 e. The monoisotopic (exact) mass is 210 g/mol. The first-order valence-corrected chi connectivity index (χ1v) is 5.46. The minimum atomic E-state index is -4.38. The van der Waals surface area contributed by atoms with Gasteiger partial charge in [0.15, 0.2) is 0 Å². The second-order valence-corrected chi connectivity index (χ2v) is 4.60. The molecule has 1 amide bonds. The third kappa shape index (κ3) is 6.72. The molecule has 7 heteroatoms. The number of hydrogen-bond donors (Lipinski definition) is 4. The average Bonchev–Trinajstić information content (AvgIpc) is 1.81. The van der Waals surface area contributed by atoms with Crippen LogP contribution in [0.2, 0.25) is 0 Å². The lowest BCUT2D eigenvalue weighted by molar-refractivity contribution is -0.120. The fourth-order valence-corrected chi connectivity index (χ4v) is 1.55. The number of hydrogen-bond acceptors (Lipinski definition) is 2. The molecule has 0 aliphatic heterocycles. The van der Waals surface area contributed by atoms with Gasteiger partial charge < -0.3 is 15.5 Å². The molecule has 0 aromatic rings. The summed E-state index contributed by atoms with van der Waals surface area (Å²) in [6.45, 7) is 3.66. The minimum Gasteiger partial charge on any atom is -0.368 e. The predicted octanol–water partition coefficient (Wildman–Crippen LogP) is -0.431. The van der Waals surface area contributed by atoms with E-state index in [0.717, 1.165) is 0 Å². The van der Waals surface area contributed by atoms with Gasteiger partial charge in [-0.2, -0.15) is 0 Å². The van der Waals surface area contributed by atoms with Crippen LogP contribution in [0.25, 0.3) is 0 Å². The maximum absolute atomic E-state index is 10.7. The molecule has 13 heavy (non-hydrogen) atoms. The molecule has 0 aromatic heterocycles. The molecule has 0 radical (unpaired) electrons. The van der Waals surface area contributed by atoms with E-state index in [4.69, 9.17) is 15.5 Å². The Morgan fingerprint density at radius 3 is 2.23 bits per heavy atom. The van der Waals surface area contributed by atoms with Crippen molar-refractivity contribution < 1.29 is 19.1 Å². The Bertz CT molecular complexity index is 225. The molecule has 6 nitrogen and oxygen atoms in total. The number of carbonyl (C=O) groups excluding carboxylic acids is 1. The van der Waals surface area contributed by atoms with Crippen molar-refractivity contribution in [3.63, 3.8) is 0 Å². The SMILES string of the molecule is CC(C)C[C@H](NP(=O)(O)O)C(N)=O. The number of primary amides is 1. The molecule has 0 fully saturated rings. The summed E-state index contributed by atoms with van der Waals surface area (Å²) in [5, 5.41) is 1.88. The second kappa shape index (κ2) is 4.72. The van der Waals surface area contributed by atoms with Gasteiger partial charge in [-0.25, -0.2) is 9.65 Å². The van der Waals surface area contributed by atoms with Crippen molar-refractivity contribution >= 4 is 13.7 Å². The van der Waals surface area contributed by atoms with Gasteiger partial charge in [-0.3, -0.25) is 4.79 Å². The minimum absolute atomic E-state index is 0.136. The zero-order valence-electron chi connectivity index (χ0n) is 7.60. The van der Waals surface area contributed by atoms with Crippen molar-refractivity contribution in [1.82, 2.24) is 5.09 Å². The zero-order chi connectivity index (χ0) is 10.6. The quantitative estimate of drug-likeness (QED) is 0.460. The Balaban J connectivity index is 4.28. The highest BCUT2D eigenvalue weighted by atomic mass is 31.2. The summed E-state index contributed by atoms with van der Waals surface area (Å²) in [4.78, 5) is 27.8. The van der Waals surface area contributed by atoms with E-state index in [9.17, 15) is 9.36 Å². The number of amides is 1. The highest BCUT2D eigenvalue weighted by molar-refractivity contribution is 7.49. The average molecular weight is 210 g/mol. The van der Waals surface area contributed by atoms with Crippen molar-refractivity contribution in [2.24, 2.45) is 11.7 Å². The van der Waals surface area contributed by atoms with Crippen LogP contribution in [-0.4, -0.2) is 21.7 Å². The van der Waals surface area contributed by atoms with Crippen molar-refractivity contribution in [1.29, 1.82) is 0 Å². The third-order valence-corrected chi connectivity index (χ3v) is 2.02. The van der Waals surface area contributed by atoms with Crippen LogP contribution in [0.3, 0.4) is 0 Å². The van der Waals surface area contributed by atoms with Crippen LogP contribution in [0.5, 0.6) is 0 Å². The lowest BCUT2D eigenvalue weighted by atomic mass is 10.0. The number of carbonyl (C=O) groups is 1. The van der Waals surface area contributed by atoms with Crippen LogP contribution in [0.1, 0.15) is 20.3 Å². The molecule has 0 aromatic carbocycles. The maximum atomic E-state index is 10.7. The molecule has 0 bridgehead atoms. The van der Waals surface area contributed by atoms with Crippen molar-refractivity contribution in [2.75, 3.05) is 0 Å². The van der Waals surface area contributed by atoms with E-state index in [-0.39, 0.29) is 5.92 Å². The number of nitrogens with two attached hydrogens (primary N) is 1. The molecular formula is C6H15N2O4P. The Morgan fingerprint density at radius 2 is 2.00 bits per heavy atom. The van der Waals surface area contributed by atoms with Gasteiger partial charge in [0.25, 0.3) is 0 Å². The van der Waals surface area contributed by atoms with Gasteiger partial charge in [-0.1, -0.05) is 13.8 Å². The summed E-state index contributed by atoms with van der Waals surface area (Å²) in [7, 11) is -4.38. The summed E-state index contributed by atoms with van der Waals surface area (Å²) in [6.07, 6.45) is 0.306. The lowest BCUT2D eigenvalue weighted by Crippen LogP contribution is -2.40. The third-order valence-electron chi connectivity index (χ3n) is 1.37. The van der Waals surface area contributed by atoms with Gasteiger partial charge >= 0.3 is 7.75 Å². The number of rotatable bonds is 5. The first-order valence-electron chi connectivity index (χ1n) is 3.85. The molecule has 0 rings (SSSR count). The van der Waals surface area contributed by atoms with Gasteiger partial charge in [-0.05, 0) is 12.3 Å². The van der Waals surface area contributed by atoms with Crippen molar-refractivity contribution in [3.05, 3.63) is 0 Å². The molecule has 0 saturated heterocycles. The molecule has 0 heterocycles. The van der Waals surface area contributed by atoms with Crippen LogP contribution in [0, 0.1) is 5.92 Å². The summed E-state index contributed by atoms with van der Waals surface area (Å²) in [5.74, 6) is -0.617. The van der Waals surface area contributed by atoms with Crippen LogP contribution < -0.4 is 10.8 Å². The van der Waals surface area contributed by atoms with Crippen LogP contribution in [0.4, 0.5) is 0 Å². The van der Waals surface area contributed by atoms with Gasteiger partial charge in [0.1, 0.15) is 0 Å². The Kier molecular flexibility index (Phi) is 4.56. The second-order valence-electron chi connectivity index (χ2n) is 3.26. The van der Waals surface area contributed by atoms with Gasteiger partial charge in [0.05, 0.1) is 6.04 Å². The highest BCUT2D eigenvalue weighted by Crippen LogP contribution is 2.30. The van der Waals surface area contributed by atoms with Crippen LogP contribution in [0.15, 0.2) is 0 Å². The molecule has 0 aliphatic rings. The molecule has 1 atom stereocenters. The molecule has 5 N–H and O–H groups in total. The topological polar surface area (TPSA) is 113 Å². The van der Waals surface area contributed by atoms with Gasteiger partial charge in [0, 0.05) is 0 Å². The fraction of sp³-hybridized carbons (Fsp3) is 0.833. The van der Waals surface area contributed by atoms with E-state index >= 15 is 0 Å². The standard InChI is InChI=1S/C6H15N2O4P/c1-4(2)3-5(6(7)9)8-13(10,11)12/h4-5H,3H2,1-2H3,(H2,7,9)(H3,8,10,11,12)/t5-/m0/s1. The Hall–Kier alpha value is -0.420. The molecular weight excluding hydrogens is 195 g/mol. The van der Waals surface area contributed by atoms with Crippen LogP contribution in [-0.2, 0) is 9.36 Å². The summed E-state index contributed by atoms with van der Waals surface area (Å²) in [6, 6.07) is -0.971. The van der Waals surface area contributed by atoms with Crippen molar-refractivity contribution in [2.45, 2.75) is 26.3 Å². The smallest absolute Gasteiger partial charge is 0.368 e. The molecule has 0 unspecified atom stereocenters. The predicted molar refractivity (Wildman–Crippen MR) is 47.6 cm³/mol. The van der Waals surface area contributed by atoms with E-state index in [1.165, 1.54) is 0 Å². The highest BCUT2D eigenvalue weighted by Gasteiger charge is 2.24. The van der Waals surface area contributed by atoms with E-state index in [1.54, 1.807) is 0 Å². The molecule has 0 saturated carbocycles. The normalized spacial score (nSPS) is 14.5. The van der Waals surface area contributed by atoms with Gasteiger partial charge in [-0.15, -0.1) is 0 Å². The van der Waals surface area contributed by atoms with E-state index < -0.39 is 19.7 Å². The maximum Gasteiger partial charge on any atom is 0.401 e. The first-order chi connectivity index (χ1) is 5.72. The Morgan fingerprint density at radius 1 is 1.54 bits per heavy atom. The lowest BCUT2D eigenvalue weighted by Gasteiger charge is -2.17. The fourth-order valence-electron chi connectivity index (χ4n) is 0.907. The first kappa shape index (κ1) is 12.6. The number of nitrogens with one attached hydrogen (secondary N) is 1. The molecule has 0 spiro atoms. The molecule has 78 valence electrons. The van der Waals surface area contributed by atoms with Crippen molar-refractivity contribution in [3.8, 4) is 0 Å².